The molecule has 5 heteroatoms. The van der Waals surface area contributed by atoms with E-state index in [4.69, 9.17) is 9.47 Å². The quantitative estimate of drug-likeness (QED) is 0.578. The number of ether oxygens (including phenoxy) is 2. The summed E-state index contributed by atoms with van der Waals surface area (Å²) >= 11 is 1.65. The standard InChI is InChI=1S/C25H25NO3S/c27-24(26-14-13-19-11-12-22-23(17-19)29-16-15-28-22)18-30-25(20-7-3-1-4-8-20)21-9-5-2-6-10-21/h1-12,17,25H,13-16,18H2,(H,26,27). The van der Waals surface area contributed by atoms with E-state index >= 15 is 0 Å². The lowest BCUT2D eigenvalue weighted by Gasteiger charge is -2.19. The number of nitrogens with one attached hydrogen (secondary N) is 1. The molecular formula is C25H25NO3S. The average molecular weight is 420 g/mol. The van der Waals surface area contributed by atoms with Crippen LogP contribution in [0.1, 0.15) is 21.9 Å². The van der Waals surface area contributed by atoms with Crippen molar-refractivity contribution in [1.29, 1.82) is 0 Å². The number of amides is 1. The van der Waals surface area contributed by atoms with Gasteiger partial charge in [0.2, 0.25) is 5.91 Å². The lowest BCUT2D eigenvalue weighted by Crippen LogP contribution is -2.27. The van der Waals surface area contributed by atoms with Gasteiger partial charge in [0, 0.05) is 6.54 Å². The van der Waals surface area contributed by atoms with Crippen molar-refractivity contribution >= 4 is 17.7 Å². The molecule has 0 fully saturated rings. The molecule has 0 spiro atoms. The van der Waals surface area contributed by atoms with E-state index < -0.39 is 0 Å². The summed E-state index contributed by atoms with van der Waals surface area (Å²) in [5.74, 6) is 2.04. The Labute approximate surface area is 181 Å². The summed E-state index contributed by atoms with van der Waals surface area (Å²) in [6.45, 7) is 1.77. The molecule has 1 amide bonds. The van der Waals surface area contributed by atoms with Crippen molar-refractivity contribution in [3.63, 3.8) is 0 Å². The molecule has 3 aromatic rings. The number of hydrogen-bond donors (Lipinski definition) is 1. The van der Waals surface area contributed by atoms with Gasteiger partial charge in [0.25, 0.3) is 0 Å². The van der Waals surface area contributed by atoms with Gasteiger partial charge < -0.3 is 14.8 Å². The Morgan fingerprint density at radius 2 is 1.50 bits per heavy atom. The highest BCUT2D eigenvalue weighted by atomic mass is 32.2. The summed E-state index contributed by atoms with van der Waals surface area (Å²) in [5, 5.41) is 3.17. The van der Waals surface area contributed by atoms with E-state index in [2.05, 4.69) is 29.6 Å². The van der Waals surface area contributed by atoms with E-state index in [1.807, 2.05) is 54.6 Å². The molecule has 0 saturated heterocycles. The Balaban J connectivity index is 1.30. The zero-order chi connectivity index (χ0) is 20.6. The van der Waals surface area contributed by atoms with E-state index in [-0.39, 0.29) is 11.2 Å². The fraction of sp³-hybridized carbons (Fsp3) is 0.240. The van der Waals surface area contributed by atoms with Gasteiger partial charge in [0.1, 0.15) is 13.2 Å². The molecule has 1 heterocycles. The SMILES string of the molecule is O=C(CSC(c1ccccc1)c1ccccc1)NCCc1ccc2c(c1)OCCO2. The Hall–Kier alpha value is -2.92. The maximum Gasteiger partial charge on any atom is 0.230 e. The van der Waals surface area contributed by atoms with E-state index in [1.54, 1.807) is 11.8 Å². The zero-order valence-corrected chi connectivity index (χ0v) is 17.6. The van der Waals surface area contributed by atoms with Gasteiger partial charge in [0.15, 0.2) is 11.5 Å². The van der Waals surface area contributed by atoms with Crippen LogP contribution in [-0.2, 0) is 11.2 Å². The predicted molar refractivity (Wildman–Crippen MR) is 121 cm³/mol. The summed E-state index contributed by atoms with van der Waals surface area (Å²) < 4.78 is 11.2. The summed E-state index contributed by atoms with van der Waals surface area (Å²) in [5.41, 5.74) is 3.54. The predicted octanol–water partition coefficient (Wildman–Crippen LogP) is 4.64. The number of benzene rings is 3. The van der Waals surface area contributed by atoms with Gasteiger partial charge in [-0.05, 0) is 35.2 Å². The summed E-state index contributed by atoms with van der Waals surface area (Å²) in [7, 11) is 0. The molecule has 1 aliphatic heterocycles. The van der Waals surface area contributed by atoms with E-state index in [9.17, 15) is 4.79 Å². The summed E-state index contributed by atoms with van der Waals surface area (Å²) in [6.07, 6.45) is 0.758. The van der Waals surface area contributed by atoms with Crippen LogP contribution in [0, 0.1) is 0 Å². The van der Waals surface area contributed by atoms with Crippen LogP contribution in [0.4, 0.5) is 0 Å². The molecule has 4 nitrogen and oxygen atoms in total. The van der Waals surface area contributed by atoms with Crippen LogP contribution in [0.15, 0.2) is 78.9 Å². The molecular weight excluding hydrogens is 394 g/mol. The van der Waals surface area contributed by atoms with Gasteiger partial charge in [0.05, 0.1) is 11.0 Å². The topological polar surface area (TPSA) is 47.6 Å². The molecule has 3 aromatic carbocycles. The average Bonchev–Trinajstić information content (AvgIpc) is 2.80. The Morgan fingerprint density at radius 3 is 2.17 bits per heavy atom. The minimum absolute atomic E-state index is 0.0504. The van der Waals surface area contributed by atoms with Gasteiger partial charge in [-0.2, -0.15) is 0 Å². The number of carbonyl (C=O) groups is 1. The normalized spacial score (nSPS) is 12.6. The van der Waals surface area contributed by atoms with Gasteiger partial charge in [-0.15, -0.1) is 11.8 Å². The first-order valence-corrected chi connectivity index (χ1v) is 11.2. The third kappa shape index (κ3) is 5.36. The van der Waals surface area contributed by atoms with Crippen molar-refractivity contribution in [3.8, 4) is 11.5 Å². The van der Waals surface area contributed by atoms with Crippen molar-refractivity contribution in [3.05, 3.63) is 95.6 Å². The Kier molecular flexibility index (Phi) is 6.93. The molecule has 1 aliphatic rings. The first kappa shape index (κ1) is 20.4. The van der Waals surface area contributed by atoms with E-state index in [0.29, 0.717) is 25.5 Å². The Bertz CT molecular complexity index is 923. The highest BCUT2D eigenvalue weighted by molar-refractivity contribution is 8.00. The number of rotatable bonds is 8. The largest absolute Gasteiger partial charge is 0.486 e. The maximum atomic E-state index is 12.5. The summed E-state index contributed by atoms with van der Waals surface area (Å²) in [6, 6.07) is 26.6. The van der Waals surface area contributed by atoms with Crippen LogP contribution in [0.5, 0.6) is 11.5 Å². The molecule has 1 N–H and O–H groups in total. The highest BCUT2D eigenvalue weighted by Gasteiger charge is 2.16. The maximum absolute atomic E-state index is 12.5. The van der Waals surface area contributed by atoms with Crippen molar-refractivity contribution in [2.75, 3.05) is 25.5 Å². The fourth-order valence-corrected chi connectivity index (χ4v) is 4.56. The second-order valence-electron chi connectivity index (χ2n) is 7.09. The molecule has 0 radical (unpaired) electrons. The molecule has 0 atom stereocenters. The number of hydrogen-bond acceptors (Lipinski definition) is 4. The zero-order valence-electron chi connectivity index (χ0n) is 16.8. The van der Waals surface area contributed by atoms with Gasteiger partial charge >= 0.3 is 0 Å². The first-order chi connectivity index (χ1) is 14.8. The highest BCUT2D eigenvalue weighted by Crippen LogP contribution is 2.35. The Morgan fingerprint density at radius 1 is 0.867 bits per heavy atom. The molecule has 0 aliphatic carbocycles. The molecule has 0 unspecified atom stereocenters. The second kappa shape index (κ2) is 10.2. The van der Waals surface area contributed by atoms with Crippen LogP contribution >= 0.6 is 11.8 Å². The third-order valence-electron chi connectivity index (χ3n) is 4.93. The monoisotopic (exact) mass is 419 g/mol. The van der Waals surface area contributed by atoms with Gasteiger partial charge in [-0.1, -0.05) is 66.7 Å². The number of fused-ring (bicyclic) bond motifs is 1. The molecule has 0 bridgehead atoms. The lowest BCUT2D eigenvalue weighted by atomic mass is 10.0. The molecule has 154 valence electrons. The van der Waals surface area contributed by atoms with Crippen molar-refractivity contribution in [2.45, 2.75) is 11.7 Å². The van der Waals surface area contributed by atoms with Crippen LogP contribution in [0.2, 0.25) is 0 Å². The number of carbonyl (C=O) groups excluding carboxylic acids is 1. The molecule has 0 saturated carbocycles. The van der Waals surface area contributed by atoms with Crippen LogP contribution in [-0.4, -0.2) is 31.4 Å². The minimum Gasteiger partial charge on any atom is -0.486 e. The van der Waals surface area contributed by atoms with E-state index in [1.165, 1.54) is 11.1 Å². The molecule has 4 rings (SSSR count). The van der Waals surface area contributed by atoms with Crippen molar-refractivity contribution in [1.82, 2.24) is 5.32 Å². The van der Waals surface area contributed by atoms with Gasteiger partial charge in [-0.25, -0.2) is 0 Å². The minimum atomic E-state index is 0.0504. The van der Waals surface area contributed by atoms with Crippen molar-refractivity contribution in [2.24, 2.45) is 0 Å². The van der Waals surface area contributed by atoms with Crippen molar-refractivity contribution < 1.29 is 14.3 Å². The smallest absolute Gasteiger partial charge is 0.230 e. The molecule has 30 heavy (non-hydrogen) atoms. The number of thioether (sulfide) groups is 1. The van der Waals surface area contributed by atoms with Crippen LogP contribution in [0.3, 0.4) is 0 Å². The molecule has 0 aromatic heterocycles. The summed E-state index contributed by atoms with van der Waals surface area (Å²) in [4.78, 5) is 12.5. The van der Waals surface area contributed by atoms with Crippen LogP contribution in [0.25, 0.3) is 0 Å². The lowest BCUT2D eigenvalue weighted by molar-refractivity contribution is -0.118. The van der Waals surface area contributed by atoms with Crippen LogP contribution < -0.4 is 14.8 Å². The van der Waals surface area contributed by atoms with Gasteiger partial charge in [-0.3, -0.25) is 4.79 Å². The second-order valence-corrected chi connectivity index (χ2v) is 8.18. The fourth-order valence-electron chi connectivity index (χ4n) is 3.44. The van der Waals surface area contributed by atoms with E-state index in [0.717, 1.165) is 23.5 Å². The third-order valence-corrected chi connectivity index (χ3v) is 6.23. The first-order valence-electron chi connectivity index (χ1n) is 10.2.